The molecule has 128 valence electrons. The van der Waals surface area contributed by atoms with Crippen molar-refractivity contribution in [1.29, 1.82) is 0 Å². The van der Waals surface area contributed by atoms with Crippen molar-refractivity contribution in [2.75, 3.05) is 0 Å². The Morgan fingerprint density at radius 3 is 2.68 bits per heavy atom. The van der Waals surface area contributed by atoms with Gasteiger partial charge in [0.25, 0.3) is 5.91 Å². The summed E-state index contributed by atoms with van der Waals surface area (Å²) < 4.78 is 5.09. The Hall–Kier alpha value is -2.64. The fourth-order valence-corrected chi connectivity index (χ4v) is 2.81. The molecule has 0 bridgehead atoms. The van der Waals surface area contributed by atoms with Gasteiger partial charge in [0.1, 0.15) is 6.04 Å². The molecule has 1 aliphatic heterocycles. The molecule has 1 heterocycles. The van der Waals surface area contributed by atoms with E-state index in [1.54, 1.807) is 18.2 Å². The van der Waals surface area contributed by atoms with E-state index in [2.05, 4.69) is 5.32 Å². The number of nitrogens with one attached hydrogen (secondary N) is 1. The third kappa shape index (κ3) is 4.07. The Kier molecular flexibility index (Phi) is 5.16. The quantitative estimate of drug-likeness (QED) is 0.674. The fourth-order valence-electron chi connectivity index (χ4n) is 2.81. The van der Waals surface area contributed by atoms with Crippen LogP contribution < -0.4 is 10.8 Å². The number of benzene rings is 2. The molecule has 2 aromatic carbocycles. The number of carbonyl (C=O) groups excluding carboxylic acids is 1. The number of aryl methyl sites for hydroxylation is 1. The number of carboxylic acids is 1. The van der Waals surface area contributed by atoms with Crippen LogP contribution in [0.2, 0.25) is 0 Å². The molecule has 0 fully saturated rings. The number of amides is 1. The lowest BCUT2D eigenvalue weighted by Crippen LogP contribution is -2.41. The van der Waals surface area contributed by atoms with E-state index in [9.17, 15) is 19.7 Å². The molecule has 3 rings (SSSR count). The van der Waals surface area contributed by atoms with E-state index in [0.717, 1.165) is 11.1 Å². The molecule has 3 N–H and O–H groups in total. The molecule has 6 nitrogen and oxygen atoms in total. The van der Waals surface area contributed by atoms with Crippen LogP contribution in [-0.4, -0.2) is 35.2 Å². The highest BCUT2D eigenvalue weighted by Crippen LogP contribution is 2.12. The molecule has 2 aromatic rings. The monoisotopic (exact) mass is 339 g/mol. The molecule has 0 saturated carbocycles. The van der Waals surface area contributed by atoms with Gasteiger partial charge in [-0.15, -0.1) is 0 Å². The number of rotatable bonds is 6. The predicted molar refractivity (Wildman–Crippen MR) is 92.5 cm³/mol. The Bertz CT molecular complexity index is 780. The summed E-state index contributed by atoms with van der Waals surface area (Å²) in [6.45, 7) is 0.299. The van der Waals surface area contributed by atoms with Crippen LogP contribution in [0.4, 0.5) is 0 Å². The zero-order valence-electron chi connectivity index (χ0n) is 13.5. The summed E-state index contributed by atoms with van der Waals surface area (Å²) in [4.78, 5) is 23.8. The van der Waals surface area contributed by atoms with Crippen LogP contribution in [0.1, 0.15) is 27.9 Å². The Morgan fingerprint density at radius 1 is 1.20 bits per heavy atom. The van der Waals surface area contributed by atoms with Gasteiger partial charge in [0.15, 0.2) is 0 Å². The van der Waals surface area contributed by atoms with Crippen LogP contribution in [0.25, 0.3) is 0 Å². The molecule has 1 amide bonds. The van der Waals surface area contributed by atoms with Crippen LogP contribution >= 0.6 is 0 Å². The lowest BCUT2D eigenvalue weighted by atomic mass is 9.79. The van der Waals surface area contributed by atoms with Gasteiger partial charge in [-0.05, 0) is 41.6 Å². The molecule has 0 aromatic heterocycles. The van der Waals surface area contributed by atoms with Crippen molar-refractivity contribution >= 4 is 24.5 Å². The van der Waals surface area contributed by atoms with E-state index in [-0.39, 0.29) is 0 Å². The van der Waals surface area contributed by atoms with Crippen LogP contribution in [-0.2, 0) is 22.5 Å². The maximum atomic E-state index is 12.4. The predicted octanol–water partition coefficient (Wildman–Crippen LogP) is 0.720. The smallest absolute Gasteiger partial charge is 0.480 e. The minimum atomic E-state index is -1.08. The van der Waals surface area contributed by atoms with E-state index >= 15 is 0 Å². The summed E-state index contributed by atoms with van der Waals surface area (Å²) in [7, 11) is -1.05. The van der Waals surface area contributed by atoms with E-state index in [1.165, 1.54) is 0 Å². The number of carboxylic acid groups (broad SMARTS) is 1. The number of hydrogen-bond donors (Lipinski definition) is 3. The van der Waals surface area contributed by atoms with Gasteiger partial charge in [-0.2, -0.15) is 0 Å². The number of aliphatic carboxylic acids is 1. The van der Waals surface area contributed by atoms with Gasteiger partial charge in [-0.1, -0.05) is 36.4 Å². The molecule has 0 unspecified atom stereocenters. The minimum Gasteiger partial charge on any atom is -0.480 e. The lowest BCUT2D eigenvalue weighted by Gasteiger charge is -2.15. The average Bonchev–Trinajstić information content (AvgIpc) is 2.99. The summed E-state index contributed by atoms with van der Waals surface area (Å²) in [5, 5.41) is 21.6. The molecule has 0 saturated heterocycles. The van der Waals surface area contributed by atoms with Gasteiger partial charge < -0.3 is 20.1 Å². The van der Waals surface area contributed by atoms with Crippen molar-refractivity contribution in [3.8, 4) is 0 Å². The summed E-state index contributed by atoms with van der Waals surface area (Å²) in [6.07, 6.45) is 0.844. The number of hydrogen-bond acceptors (Lipinski definition) is 4. The van der Waals surface area contributed by atoms with Crippen LogP contribution in [0.3, 0.4) is 0 Å². The van der Waals surface area contributed by atoms with Gasteiger partial charge in [0, 0.05) is 5.56 Å². The summed E-state index contributed by atoms with van der Waals surface area (Å²) >= 11 is 0. The average molecular weight is 339 g/mol. The molecule has 7 heteroatoms. The summed E-state index contributed by atoms with van der Waals surface area (Å²) in [6, 6.07) is 13.4. The normalized spacial score (nSPS) is 14.0. The van der Waals surface area contributed by atoms with Crippen molar-refractivity contribution in [3.63, 3.8) is 0 Å². The number of carbonyl (C=O) groups is 2. The first-order chi connectivity index (χ1) is 12.0. The second kappa shape index (κ2) is 7.50. The third-order valence-electron chi connectivity index (χ3n) is 4.24. The van der Waals surface area contributed by atoms with Gasteiger partial charge in [0.05, 0.1) is 6.61 Å². The van der Waals surface area contributed by atoms with Crippen molar-refractivity contribution in [3.05, 3.63) is 65.2 Å². The first kappa shape index (κ1) is 17.2. The summed E-state index contributed by atoms with van der Waals surface area (Å²) in [5.74, 6) is -1.56. The van der Waals surface area contributed by atoms with Crippen LogP contribution in [0.5, 0.6) is 0 Å². The Morgan fingerprint density at radius 2 is 1.96 bits per heavy atom. The van der Waals surface area contributed by atoms with Crippen molar-refractivity contribution in [2.24, 2.45) is 0 Å². The largest absolute Gasteiger partial charge is 0.491 e. The zero-order chi connectivity index (χ0) is 17.8. The van der Waals surface area contributed by atoms with Crippen molar-refractivity contribution in [1.82, 2.24) is 5.32 Å². The van der Waals surface area contributed by atoms with Gasteiger partial charge >= 0.3 is 13.1 Å². The van der Waals surface area contributed by atoms with Crippen LogP contribution in [0, 0.1) is 0 Å². The van der Waals surface area contributed by atoms with Gasteiger partial charge in [-0.3, -0.25) is 4.79 Å². The Balaban J connectivity index is 1.67. The van der Waals surface area contributed by atoms with Gasteiger partial charge in [-0.25, -0.2) is 4.79 Å². The first-order valence-corrected chi connectivity index (χ1v) is 8.04. The number of fused-ring (bicyclic) bond motifs is 1. The maximum Gasteiger partial charge on any atom is 0.491 e. The molecule has 0 spiro atoms. The van der Waals surface area contributed by atoms with Gasteiger partial charge in [0.2, 0.25) is 0 Å². The molecule has 0 aliphatic carbocycles. The van der Waals surface area contributed by atoms with E-state index in [0.29, 0.717) is 30.5 Å². The molecule has 25 heavy (non-hydrogen) atoms. The SMILES string of the molecule is O=C(N[C@@H](CCc1ccccc1)C(=O)O)c1ccc2c(c1)B(O)OC2. The second-order valence-corrected chi connectivity index (χ2v) is 5.97. The molecular weight excluding hydrogens is 321 g/mol. The molecule has 1 atom stereocenters. The lowest BCUT2D eigenvalue weighted by molar-refractivity contribution is -0.139. The standard InChI is InChI=1S/C18H18BNO5/c21-17(13-7-8-14-11-25-19(24)15(14)10-13)20-16(18(22)23)9-6-12-4-2-1-3-5-12/h1-5,7-8,10,16,24H,6,9,11H2,(H,20,21)(H,22,23)/t16-/m0/s1. The van der Waals surface area contributed by atoms with E-state index < -0.39 is 25.0 Å². The van der Waals surface area contributed by atoms with Crippen molar-refractivity contribution < 1.29 is 24.4 Å². The highest BCUT2D eigenvalue weighted by molar-refractivity contribution is 6.61. The first-order valence-electron chi connectivity index (χ1n) is 8.04. The maximum absolute atomic E-state index is 12.4. The summed E-state index contributed by atoms with van der Waals surface area (Å²) in [5.41, 5.74) is 2.68. The van der Waals surface area contributed by atoms with E-state index in [1.807, 2.05) is 30.3 Å². The second-order valence-electron chi connectivity index (χ2n) is 5.97. The topological polar surface area (TPSA) is 95.9 Å². The molecule has 1 aliphatic rings. The highest BCUT2D eigenvalue weighted by atomic mass is 16.5. The van der Waals surface area contributed by atoms with Crippen LogP contribution in [0.15, 0.2) is 48.5 Å². The highest BCUT2D eigenvalue weighted by Gasteiger charge is 2.28. The van der Waals surface area contributed by atoms with E-state index in [4.69, 9.17) is 4.65 Å². The fraction of sp³-hybridized carbons (Fsp3) is 0.222. The third-order valence-corrected chi connectivity index (χ3v) is 4.24. The molecular formula is C18H18BNO5. The molecule has 0 radical (unpaired) electrons. The zero-order valence-corrected chi connectivity index (χ0v) is 13.5. The van der Waals surface area contributed by atoms with Crippen molar-refractivity contribution in [2.45, 2.75) is 25.5 Å². The minimum absolute atomic E-state index is 0.293. The Labute approximate surface area is 145 Å².